The summed E-state index contributed by atoms with van der Waals surface area (Å²) in [6.07, 6.45) is 0. The van der Waals surface area contributed by atoms with Gasteiger partial charge >= 0.3 is 0 Å². The smallest absolute Gasteiger partial charge is 0.269 e. The minimum absolute atomic E-state index is 0.0471. The third kappa shape index (κ3) is 10.6. The van der Waals surface area contributed by atoms with Crippen LogP contribution in [-0.4, -0.2) is 75.9 Å². The van der Waals surface area contributed by atoms with Crippen LogP contribution < -0.4 is 18.9 Å². The molecule has 0 N–H and O–H groups in total. The van der Waals surface area contributed by atoms with E-state index in [4.69, 9.17) is 37.9 Å². The van der Waals surface area contributed by atoms with Crippen LogP contribution in [0.5, 0.6) is 23.0 Å². The molecule has 1 heterocycles. The molecule has 0 fully saturated rings. The van der Waals surface area contributed by atoms with E-state index in [9.17, 15) is 20.2 Å². The molecule has 0 atom stereocenters. The number of ether oxygens (including phenoxy) is 8. The molecule has 236 valence electrons. The van der Waals surface area contributed by atoms with Crippen LogP contribution in [0, 0.1) is 20.2 Å². The van der Waals surface area contributed by atoms with E-state index < -0.39 is 9.85 Å². The van der Waals surface area contributed by atoms with Gasteiger partial charge in [0.1, 0.15) is 37.9 Å². The summed E-state index contributed by atoms with van der Waals surface area (Å²) in [4.78, 5) is 21.1. The van der Waals surface area contributed by atoms with Crippen LogP contribution in [0.2, 0.25) is 0 Å². The monoisotopic (exact) mass is 614 g/mol. The Bertz CT molecular complexity index is 1230. The second-order valence-electron chi connectivity index (χ2n) is 9.29. The zero-order valence-corrected chi connectivity index (χ0v) is 24.1. The van der Waals surface area contributed by atoms with Crippen molar-refractivity contribution in [3.8, 4) is 23.0 Å². The van der Waals surface area contributed by atoms with Gasteiger partial charge in [0, 0.05) is 24.3 Å². The van der Waals surface area contributed by atoms with E-state index in [0.717, 1.165) is 0 Å². The number of benzene rings is 3. The third-order valence-electron chi connectivity index (χ3n) is 6.24. The zero-order chi connectivity index (χ0) is 31.0. The maximum atomic E-state index is 11.0. The fraction of sp³-hybridized carbons (Fsp3) is 0.400. The van der Waals surface area contributed by atoms with E-state index in [1.165, 1.54) is 48.5 Å². The molecule has 0 bridgehead atoms. The first-order chi connectivity index (χ1) is 21.5. The van der Waals surface area contributed by atoms with Gasteiger partial charge in [0.25, 0.3) is 11.4 Å². The van der Waals surface area contributed by atoms with Gasteiger partial charge in [-0.1, -0.05) is 0 Å². The molecular weight excluding hydrogens is 580 g/mol. The number of rotatable bonds is 8. The van der Waals surface area contributed by atoms with Crippen LogP contribution in [0.15, 0.2) is 60.7 Å². The van der Waals surface area contributed by atoms with Gasteiger partial charge in [-0.25, -0.2) is 0 Å². The maximum absolute atomic E-state index is 11.0. The second kappa shape index (κ2) is 17.6. The number of hydrogen-bond donors (Lipinski definition) is 0. The first-order valence-corrected chi connectivity index (χ1v) is 14.0. The summed E-state index contributed by atoms with van der Waals surface area (Å²) in [5, 5.41) is 22.0. The lowest BCUT2D eigenvalue weighted by atomic mass is 10.1. The summed E-state index contributed by atoms with van der Waals surface area (Å²) in [5.41, 5.74) is 1.32. The molecule has 0 unspecified atom stereocenters. The molecule has 14 heteroatoms. The normalized spacial score (nSPS) is 15.4. The minimum Gasteiger partial charge on any atom is -0.489 e. The van der Waals surface area contributed by atoms with E-state index in [1.54, 1.807) is 12.1 Å². The molecule has 1 aliphatic rings. The molecule has 3 aromatic carbocycles. The molecule has 44 heavy (non-hydrogen) atoms. The van der Waals surface area contributed by atoms with E-state index >= 15 is 0 Å². The largest absolute Gasteiger partial charge is 0.489 e. The van der Waals surface area contributed by atoms with Gasteiger partial charge in [0.2, 0.25) is 0 Å². The molecule has 14 nitrogen and oxygen atoms in total. The van der Waals surface area contributed by atoms with Crippen LogP contribution >= 0.6 is 0 Å². The molecule has 0 amide bonds. The van der Waals surface area contributed by atoms with Gasteiger partial charge in [-0.3, -0.25) is 20.2 Å². The van der Waals surface area contributed by atoms with Gasteiger partial charge in [0.15, 0.2) is 11.5 Å². The van der Waals surface area contributed by atoms with Gasteiger partial charge in [-0.15, -0.1) is 0 Å². The fourth-order valence-corrected chi connectivity index (χ4v) is 3.97. The molecule has 0 saturated carbocycles. The quantitative estimate of drug-likeness (QED) is 0.259. The topological polar surface area (TPSA) is 160 Å². The summed E-state index contributed by atoms with van der Waals surface area (Å²) in [6.45, 7) is 3.93. The first-order valence-electron chi connectivity index (χ1n) is 14.0. The van der Waals surface area contributed by atoms with Gasteiger partial charge in [-0.2, -0.15) is 0 Å². The number of nitro benzene ring substituents is 2. The first kappa shape index (κ1) is 32.4. The van der Waals surface area contributed by atoms with E-state index in [2.05, 4.69) is 0 Å². The zero-order valence-electron chi connectivity index (χ0n) is 24.1. The number of hydrogen-bond acceptors (Lipinski definition) is 12. The fourth-order valence-electron chi connectivity index (χ4n) is 3.97. The average Bonchev–Trinajstić information content (AvgIpc) is 3.03. The van der Waals surface area contributed by atoms with Crippen molar-refractivity contribution in [1.29, 1.82) is 0 Å². The summed E-state index contributed by atoms with van der Waals surface area (Å²) < 4.78 is 46.1. The predicted molar refractivity (Wildman–Crippen MR) is 156 cm³/mol. The van der Waals surface area contributed by atoms with Crippen molar-refractivity contribution in [1.82, 2.24) is 0 Å². The van der Waals surface area contributed by atoms with Crippen molar-refractivity contribution in [2.75, 3.05) is 66.1 Å². The Balaban J connectivity index is 1.53. The highest BCUT2D eigenvalue weighted by Gasteiger charge is 2.16. The van der Waals surface area contributed by atoms with E-state index in [1.807, 2.05) is 0 Å². The van der Waals surface area contributed by atoms with Crippen LogP contribution in [0.3, 0.4) is 0 Å². The number of non-ortho nitro benzene ring substituents is 2. The highest BCUT2D eigenvalue weighted by atomic mass is 16.6. The van der Waals surface area contributed by atoms with Crippen molar-refractivity contribution in [3.05, 3.63) is 92.0 Å². The molecule has 0 saturated heterocycles. The average molecular weight is 615 g/mol. The lowest BCUT2D eigenvalue weighted by Gasteiger charge is -2.19. The van der Waals surface area contributed by atoms with Gasteiger partial charge < -0.3 is 37.9 Å². The second-order valence-corrected chi connectivity index (χ2v) is 9.29. The molecule has 0 aromatic heterocycles. The highest BCUT2D eigenvalue weighted by molar-refractivity contribution is 5.48. The van der Waals surface area contributed by atoms with Crippen LogP contribution in [0.4, 0.5) is 11.4 Å². The Morgan fingerprint density at radius 2 is 0.841 bits per heavy atom. The molecular formula is C30H34N2O12. The summed E-state index contributed by atoms with van der Waals surface area (Å²) in [6, 6.07) is 15.1. The Morgan fingerprint density at radius 1 is 0.523 bits per heavy atom. The molecule has 1 aliphatic heterocycles. The van der Waals surface area contributed by atoms with Gasteiger partial charge in [0.05, 0.1) is 62.7 Å². The van der Waals surface area contributed by atoms with Crippen molar-refractivity contribution >= 4 is 11.4 Å². The molecule has 0 aliphatic carbocycles. The van der Waals surface area contributed by atoms with Crippen LogP contribution in [-0.2, 0) is 32.2 Å². The Labute approximate surface area is 253 Å². The Kier molecular flexibility index (Phi) is 12.9. The van der Waals surface area contributed by atoms with Crippen LogP contribution in [0.25, 0.3) is 0 Å². The van der Waals surface area contributed by atoms with Crippen molar-refractivity contribution in [2.45, 2.75) is 13.2 Å². The van der Waals surface area contributed by atoms with Crippen molar-refractivity contribution < 1.29 is 47.7 Å². The minimum atomic E-state index is -0.482. The predicted octanol–water partition coefficient (Wildman–Crippen LogP) is 4.50. The highest BCUT2D eigenvalue weighted by Crippen LogP contribution is 2.33. The van der Waals surface area contributed by atoms with Crippen molar-refractivity contribution in [2.24, 2.45) is 0 Å². The lowest BCUT2D eigenvalue weighted by Crippen LogP contribution is -2.16. The molecule has 0 spiro atoms. The summed E-state index contributed by atoms with van der Waals surface area (Å²) in [5.74, 6) is 1.78. The number of nitrogens with zero attached hydrogens (tertiary/aromatic N) is 2. The molecule has 3 aromatic rings. The van der Waals surface area contributed by atoms with Crippen LogP contribution in [0.1, 0.15) is 11.1 Å². The Hall–Kier alpha value is -4.50. The molecule has 0 radical (unpaired) electrons. The summed E-state index contributed by atoms with van der Waals surface area (Å²) in [7, 11) is 0. The lowest BCUT2D eigenvalue weighted by molar-refractivity contribution is -0.385. The maximum Gasteiger partial charge on any atom is 0.269 e. The summed E-state index contributed by atoms with van der Waals surface area (Å²) >= 11 is 0. The Morgan fingerprint density at radius 3 is 1.16 bits per heavy atom. The molecule has 4 rings (SSSR count). The SMILES string of the molecule is O=[N+]([O-])c1ccc(OCc2cc3c(cc2COc2ccc([N+](=O)[O-])cc2)OCCOCCOCCOCCOCCO3)cc1. The van der Waals surface area contributed by atoms with E-state index in [-0.39, 0.29) is 37.8 Å². The third-order valence-corrected chi connectivity index (χ3v) is 6.24. The standard InChI is InChI=1S/C30H34N2O12/c33-31(34)25-1-5-27(6-2-25)43-21-23-19-29-30(20-24(23)22-44-28-7-3-26(4-8-28)32(35)36)42-18-16-40-14-12-38-10-9-37-11-13-39-15-17-41-29/h1-8,19-20H,9-18,21-22H2. The number of nitro groups is 2. The van der Waals surface area contributed by atoms with Gasteiger partial charge in [-0.05, 0) is 47.5 Å². The number of fused-ring (bicyclic) bond motifs is 1. The van der Waals surface area contributed by atoms with Crippen molar-refractivity contribution in [3.63, 3.8) is 0 Å². The van der Waals surface area contributed by atoms with E-state index in [0.29, 0.717) is 87.0 Å².